The lowest BCUT2D eigenvalue weighted by molar-refractivity contribution is -0.145. The third-order valence-electron chi connectivity index (χ3n) is 2.96. The van der Waals surface area contributed by atoms with Crippen molar-refractivity contribution in [1.82, 2.24) is 10.5 Å². The smallest absolute Gasteiger partial charge is 0.346 e. The van der Waals surface area contributed by atoms with E-state index in [4.69, 9.17) is 10.5 Å². The summed E-state index contributed by atoms with van der Waals surface area (Å²) >= 11 is 0. The van der Waals surface area contributed by atoms with E-state index in [1.54, 1.807) is 0 Å². The van der Waals surface area contributed by atoms with Gasteiger partial charge in [-0.05, 0) is 19.3 Å². The Morgan fingerprint density at radius 2 is 2.00 bits per heavy atom. The molecule has 0 aliphatic rings. The molecule has 9 heteroatoms. The van der Waals surface area contributed by atoms with Crippen LogP contribution in [0.4, 0.5) is 5.88 Å². The van der Waals surface area contributed by atoms with Crippen LogP contribution in [-0.2, 0) is 19.1 Å². The number of nitrogens with one attached hydrogen (secondary N) is 1. The number of carbonyl (C=O) groups excluding carboxylic acids is 3. The average Bonchev–Trinajstić information content (AvgIpc) is 2.82. The third kappa shape index (κ3) is 5.28. The predicted octanol–water partition coefficient (Wildman–Crippen LogP) is 0.426. The van der Waals surface area contributed by atoms with Crippen LogP contribution in [-0.4, -0.2) is 42.8 Å². The number of anilines is 1. The first-order valence-corrected chi connectivity index (χ1v) is 7.02. The summed E-state index contributed by atoms with van der Waals surface area (Å²) in [5, 5.41) is 5.99. The molecule has 0 aromatic carbocycles. The highest BCUT2D eigenvalue weighted by Gasteiger charge is 2.24. The minimum Gasteiger partial charge on any atom is -0.467 e. The van der Waals surface area contributed by atoms with Gasteiger partial charge in [0.2, 0.25) is 5.88 Å². The maximum absolute atomic E-state index is 11.8. The van der Waals surface area contributed by atoms with Gasteiger partial charge in [-0.1, -0.05) is 19.0 Å². The van der Waals surface area contributed by atoms with E-state index in [0.29, 0.717) is 6.42 Å². The number of methoxy groups -OCH3 is 1. The Morgan fingerprint density at radius 1 is 1.35 bits per heavy atom. The molecule has 9 nitrogen and oxygen atoms in total. The number of aromatic nitrogens is 1. The van der Waals surface area contributed by atoms with Crippen molar-refractivity contribution in [3.8, 4) is 0 Å². The van der Waals surface area contributed by atoms with Gasteiger partial charge >= 0.3 is 11.9 Å². The Labute approximate surface area is 133 Å². The largest absolute Gasteiger partial charge is 0.467 e. The Morgan fingerprint density at radius 3 is 2.48 bits per heavy atom. The maximum Gasteiger partial charge on any atom is 0.346 e. The van der Waals surface area contributed by atoms with Gasteiger partial charge in [0.25, 0.3) is 5.91 Å². The van der Waals surface area contributed by atoms with Crippen LogP contribution in [0.1, 0.15) is 36.3 Å². The van der Waals surface area contributed by atoms with Crippen LogP contribution in [0.2, 0.25) is 0 Å². The predicted molar refractivity (Wildman–Crippen MR) is 79.3 cm³/mol. The zero-order valence-corrected chi connectivity index (χ0v) is 13.5. The van der Waals surface area contributed by atoms with E-state index in [0.717, 1.165) is 0 Å². The van der Waals surface area contributed by atoms with Crippen LogP contribution in [0.3, 0.4) is 0 Å². The molecule has 1 atom stereocenters. The van der Waals surface area contributed by atoms with Crippen molar-refractivity contribution in [2.24, 2.45) is 5.92 Å². The van der Waals surface area contributed by atoms with E-state index < -0.39 is 30.5 Å². The van der Waals surface area contributed by atoms with Gasteiger partial charge in [-0.3, -0.25) is 4.79 Å². The quantitative estimate of drug-likeness (QED) is 0.688. The molecule has 0 aliphatic carbocycles. The average molecular weight is 327 g/mol. The Bertz CT molecular complexity index is 562. The second kappa shape index (κ2) is 8.16. The van der Waals surface area contributed by atoms with E-state index >= 15 is 0 Å². The summed E-state index contributed by atoms with van der Waals surface area (Å²) in [5.41, 5.74) is 5.69. The highest BCUT2D eigenvalue weighted by atomic mass is 16.5. The zero-order valence-electron chi connectivity index (χ0n) is 13.5. The van der Waals surface area contributed by atoms with E-state index in [1.807, 2.05) is 13.8 Å². The zero-order chi connectivity index (χ0) is 17.6. The third-order valence-corrected chi connectivity index (χ3v) is 2.96. The molecule has 3 N–H and O–H groups in total. The molecular formula is C14H21N3O6. The van der Waals surface area contributed by atoms with Gasteiger partial charge in [-0.15, -0.1) is 0 Å². The van der Waals surface area contributed by atoms with Gasteiger partial charge in [-0.2, -0.15) is 0 Å². The number of nitrogens with zero attached hydrogens (tertiary/aromatic N) is 1. The van der Waals surface area contributed by atoms with Crippen molar-refractivity contribution in [1.29, 1.82) is 0 Å². The molecule has 23 heavy (non-hydrogen) atoms. The molecular weight excluding hydrogens is 306 g/mol. The van der Waals surface area contributed by atoms with Crippen LogP contribution in [0.15, 0.2) is 4.52 Å². The number of ether oxygens (including phenoxy) is 2. The number of amides is 1. The fraction of sp³-hybridized carbons (Fsp3) is 0.571. The van der Waals surface area contributed by atoms with Gasteiger partial charge in [0.05, 0.1) is 12.8 Å². The number of carbonyl (C=O) groups is 3. The summed E-state index contributed by atoms with van der Waals surface area (Å²) < 4.78 is 14.1. The number of rotatable bonds is 7. The normalized spacial score (nSPS) is 11.9. The van der Waals surface area contributed by atoms with Crippen molar-refractivity contribution >= 4 is 23.7 Å². The molecule has 0 unspecified atom stereocenters. The van der Waals surface area contributed by atoms with Gasteiger partial charge in [0, 0.05) is 0 Å². The monoisotopic (exact) mass is 327 g/mol. The van der Waals surface area contributed by atoms with E-state index in [1.165, 1.54) is 14.0 Å². The molecule has 0 aliphatic heterocycles. The summed E-state index contributed by atoms with van der Waals surface area (Å²) in [6, 6.07) is -0.798. The number of hydrogen-bond acceptors (Lipinski definition) is 8. The number of aryl methyl sites for hydroxylation is 1. The highest BCUT2D eigenvalue weighted by molar-refractivity contribution is 5.96. The van der Waals surface area contributed by atoms with Gasteiger partial charge < -0.3 is 25.0 Å². The molecule has 1 aromatic rings. The first-order valence-electron chi connectivity index (χ1n) is 7.02. The van der Waals surface area contributed by atoms with Crippen molar-refractivity contribution in [3.63, 3.8) is 0 Å². The fourth-order valence-electron chi connectivity index (χ4n) is 1.90. The van der Waals surface area contributed by atoms with E-state index in [2.05, 4.69) is 19.7 Å². The second-order valence-corrected chi connectivity index (χ2v) is 5.36. The summed E-state index contributed by atoms with van der Waals surface area (Å²) in [5.74, 6) is -2.02. The first-order chi connectivity index (χ1) is 10.8. The van der Waals surface area contributed by atoms with Crippen LogP contribution in [0.5, 0.6) is 0 Å². The van der Waals surface area contributed by atoms with Crippen LogP contribution in [0.25, 0.3) is 0 Å². The summed E-state index contributed by atoms with van der Waals surface area (Å²) in [4.78, 5) is 35.3. The van der Waals surface area contributed by atoms with Gasteiger partial charge in [0.15, 0.2) is 6.61 Å². The minimum atomic E-state index is -0.824. The molecule has 1 rings (SSSR count). The van der Waals surface area contributed by atoms with E-state index in [-0.39, 0.29) is 23.1 Å². The standard InChI is InChI=1S/C14H21N3O6/c1-7(2)5-9(13(19)21-4)16-10(18)6-22-14(20)11-8(3)17-23-12(11)15/h7,9H,5-6,15H2,1-4H3,(H,16,18)/t9-/m1/s1. The lowest BCUT2D eigenvalue weighted by atomic mass is 10.0. The molecule has 1 aromatic heterocycles. The molecule has 0 bridgehead atoms. The number of esters is 2. The Balaban J connectivity index is 2.58. The molecule has 0 saturated carbocycles. The molecule has 1 heterocycles. The second-order valence-electron chi connectivity index (χ2n) is 5.36. The lowest BCUT2D eigenvalue weighted by Gasteiger charge is -2.18. The van der Waals surface area contributed by atoms with Crippen molar-refractivity contribution < 1.29 is 28.4 Å². The summed E-state index contributed by atoms with van der Waals surface area (Å²) in [6.45, 7) is 4.76. The molecule has 128 valence electrons. The highest BCUT2D eigenvalue weighted by Crippen LogP contribution is 2.16. The summed E-state index contributed by atoms with van der Waals surface area (Å²) in [6.07, 6.45) is 0.407. The molecule has 0 radical (unpaired) electrons. The SMILES string of the molecule is COC(=O)[C@@H](CC(C)C)NC(=O)COC(=O)c1c(C)noc1N. The van der Waals surface area contributed by atoms with Crippen molar-refractivity contribution in [3.05, 3.63) is 11.3 Å². The summed E-state index contributed by atoms with van der Waals surface area (Å²) in [7, 11) is 1.24. The molecule has 0 spiro atoms. The number of nitrogens with two attached hydrogens (primary N) is 1. The molecule has 0 saturated heterocycles. The number of hydrogen-bond donors (Lipinski definition) is 2. The Kier molecular flexibility index (Phi) is 6.55. The molecule has 0 fully saturated rings. The minimum absolute atomic E-state index is 0.0236. The van der Waals surface area contributed by atoms with Gasteiger partial charge in [-0.25, -0.2) is 9.59 Å². The Hall–Kier alpha value is -2.58. The van der Waals surface area contributed by atoms with Crippen LogP contribution < -0.4 is 11.1 Å². The van der Waals surface area contributed by atoms with Crippen LogP contribution in [0, 0.1) is 12.8 Å². The van der Waals surface area contributed by atoms with Crippen molar-refractivity contribution in [2.75, 3.05) is 19.5 Å². The maximum atomic E-state index is 11.8. The van der Waals surface area contributed by atoms with Gasteiger partial charge in [0.1, 0.15) is 11.6 Å². The van der Waals surface area contributed by atoms with Crippen LogP contribution >= 0.6 is 0 Å². The van der Waals surface area contributed by atoms with Crippen molar-refractivity contribution in [2.45, 2.75) is 33.2 Å². The van der Waals surface area contributed by atoms with E-state index in [9.17, 15) is 14.4 Å². The molecule has 1 amide bonds. The lowest BCUT2D eigenvalue weighted by Crippen LogP contribution is -2.44. The first kappa shape index (κ1) is 18.5. The number of nitrogen functional groups attached to an aromatic ring is 1. The fourth-order valence-corrected chi connectivity index (χ4v) is 1.90. The topological polar surface area (TPSA) is 134 Å².